The summed E-state index contributed by atoms with van der Waals surface area (Å²) < 4.78 is 17.0. The van der Waals surface area contributed by atoms with Gasteiger partial charge in [0.15, 0.2) is 16.6 Å². The Morgan fingerprint density at radius 3 is 2.56 bits per heavy atom. The summed E-state index contributed by atoms with van der Waals surface area (Å²) in [7, 11) is 1.59. The van der Waals surface area contributed by atoms with Crippen molar-refractivity contribution in [3.63, 3.8) is 0 Å². The zero-order chi connectivity index (χ0) is 25.2. The highest BCUT2D eigenvalue weighted by atomic mass is 32.1. The fourth-order valence-electron chi connectivity index (χ4n) is 3.37. The van der Waals surface area contributed by atoms with Crippen LogP contribution >= 0.6 is 11.3 Å². The van der Waals surface area contributed by atoms with E-state index in [2.05, 4.69) is 17.2 Å². The van der Waals surface area contributed by atoms with E-state index in [1.165, 1.54) is 17.4 Å². The maximum Gasteiger partial charge on any atom is 0.250 e. The predicted octanol–water partition coefficient (Wildman–Crippen LogP) is 6.84. The summed E-state index contributed by atoms with van der Waals surface area (Å²) in [5.41, 5.74) is 3.66. The minimum absolute atomic E-state index is 0.261. The number of benzene rings is 3. The predicted molar refractivity (Wildman–Crippen MR) is 145 cm³/mol. The van der Waals surface area contributed by atoms with Gasteiger partial charge in [-0.15, -0.1) is 11.3 Å². The molecule has 0 fully saturated rings. The van der Waals surface area contributed by atoms with Crippen LogP contribution in [0.3, 0.4) is 0 Å². The van der Waals surface area contributed by atoms with Crippen LogP contribution in [0.2, 0.25) is 0 Å². The lowest BCUT2D eigenvalue weighted by Gasteiger charge is -2.11. The van der Waals surface area contributed by atoms with Crippen molar-refractivity contribution in [2.45, 2.75) is 20.0 Å². The highest BCUT2D eigenvalue weighted by Gasteiger charge is 2.08. The molecule has 4 aromatic rings. The number of aromatic nitrogens is 1. The van der Waals surface area contributed by atoms with Crippen LogP contribution in [-0.4, -0.2) is 24.6 Å². The van der Waals surface area contributed by atoms with Gasteiger partial charge in [0.05, 0.1) is 19.4 Å². The van der Waals surface area contributed by atoms with Crippen LogP contribution in [0.5, 0.6) is 17.2 Å². The third kappa shape index (κ3) is 6.96. The molecule has 0 atom stereocenters. The number of methoxy groups -OCH3 is 1. The number of thiazole rings is 1. The van der Waals surface area contributed by atoms with E-state index in [0.717, 1.165) is 34.6 Å². The zero-order valence-corrected chi connectivity index (χ0v) is 21.1. The van der Waals surface area contributed by atoms with Crippen LogP contribution < -0.4 is 19.5 Å². The van der Waals surface area contributed by atoms with Crippen LogP contribution in [0.25, 0.3) is 17.3 Å². The summed E-state index contributed by atoms with van der Waals surface area (Å²) in [6.07, 6.45) is 4.16. The summed E-state index contributed by atoms with van der Waals surface area (Å²) >= 11 is 1.38. The third-order valence-corrected chi connectivity index (χ3v) is 5.97. The van der Waals surface area contributed by atoms with Gasteiger partial charge in [-0.3, -0.25) is 10.1 Å². The Morgan fingerprint density at radius 2 is 1.81 bits per heavy atom. The van der Waals surface area contributed by atoms with E-state index in [0.29, 0.717) is 29.8 Å². The lowest BCUT2D eigenvalue weighted by molar-refractivity contribution is -0.111. The van der Waals surface area contributed by atoms with E-state index in [1.807, 2.05) is 78.2 Å². The number of anilines is 1. The van der Waals surface area contributed by atoms with E-state index < -0.39 is 0 Å². The molecule has 4 rings (SSSR count). The number of nitrogens with zero attached hydrogens (tertiary/aromatic N) is 1. The number of amides is 1. The lowest BCUT2D eigenvalue weighted by atomic mass is 10.2. The summed E-state index contributed by atoms with van der Waals surface area (Å²) in [6.45, 7) is 3.21. The van der Waals surface area contributed by atoms with Gasteiger partial charge in [0, 0.05) is 17.0 Å². The highest BCUT2D eigenvalue weighted by molar-refractivity contribution is 7.14. The molecule has 0 aliphatic carbocycles. The molecule has 184 valence electrons. The smallest absolute Gasteiger partial charge is 0.250 e. The highest BCUT2D eigenvalue weighted by Crippen LogP contribution is 2.30. The number of ether oxygens (including phenoxy) is 3. The van der Waals surface area contributed by atoms with Gasteiger partial charge in [-0.2, -0.15) is 0 Å². The molecular weight excluding hydrogens is 472 g/mol. The van der Waals surface area contributed by atoms with Gasteiger partial charge in [-0.1, -0.05) is 43.3 Å². The number of nitrogens with one attached hydrogen (secondary N) is 1. The average Bonchev–Trinajstić information content (AvgIpc) is 3.39. The molecule has 1 heterocycles. The van der Waals surface area contributed by atoms with Crippen LogP contribution in [0.1, 0.15) is 24.5 Å². The molecule has 1 N–H and O–H groups in total. The minimum atomic E-state index is -0.261. The standard InChI is InChI=1S/C29H28N2O4S/c1-3-17-34-24-13-11-23(12-14-24)25-20-36-29(30-25)31-28(32)16-10-21-9-15-26(27(18-21)33-2)35-19-22-7-5-4-6-8-22/h4-16,18,20H,3,17,19H2,1-2H3,(H,30,31,32). The van der Waals surface area contributed by atoms with Gasteiger partial charge < -0.3 is 14.2 Å². The van der Waals surface area contributed by atoms with Gasteiger partial charge in [0.25, 0.3) is 0 Å². The summed E-state index contributed by atoms with van der Waals surface area (Å²) in [5.74, 6) is 1.82. The van der Waals surface area contributed by atoms with Gasteiger partial charge in [0.2, 0.25) is 5.91 Å². The molecule has 1 amide bonds. The molecule has 0 spiro atoms. The van der Waals surface area contributed by atoms with Gasteiger partial charge in [-0.25, -0.2) is 4.98 Å². The summed E-state index contributed by atoms with van der Waals surface area (Å²) in [6, 6.07) is 23.3. The molecule has 3 aromatic carbocycles. The molecule has 0 saturated heterocycles. The van der Waals surface area contributed by atoms with Gasteiger partial charge >= 0.3 is 0 Å². The van der Waals surface area contributed by atoms with Crippen molar-refractivity contribution in [2.75, 3.05) is 19.0 Å². The second-order valence-corrected chi connectivity index (χ2v) is 8.78. The SMILES string of the molecule is CCCOc1ccc(-c2csc(NC(=O)C=Cc3ccc(OCc4ccccc4)c(OC)c3)n2)cc1. The molecular formula is C29H28N2O4S. The van der Waals surface area contributed by atoms with E-state index in [1.54, 1.807) is 13.2 Å². The average molecular weight is 501 g/mol. The van der Waals surface area contributed by atoms with E-state index in [9.17, 15) is 4.79 Å². The van der Waals surface area contributed by atoms with E-state index in [-0.39, 0.29) is 5.91 Å². The first-order valence-corrected chi connectivity index (χ1v) is 12.5. The second-order valence-electron chi connectivity index (χ2n) is 7.92. The Morgan fingerprint density at radius 1 is 1.00 bits per heavy atom. The minimum Gasteiger partial charge on any atom is -0.494 e. The maximum atomic E-state index is 12.5. The van der Waals surface area contributed by atoms with Crippen molar-refractivity contribution in [3.8, 4) is 28.5 Å². The normalized spacial score (nSPS) is 10.8. The number of hydrogen-bond acceptors (Lipinski definition) is 6. The Hall–Kier alpha value is -4.10. The Bertz CT molecular complexity index is 1300. The fraction of sp³-hybridized carbons (Fsp3) is 0.172. The first-order chi connectivity index (χ1) is 17.6. The van der Waals surface area contributed by atoms with Crippen molar-refractivity contribution < 1.29 is 19.0 Å². The maximum absolute atomic E-state index is 12.5. The van der Waals surface area contributed by atoms with Crippen molar-refractivity contribution >= 4 is 28.5 Å². The molecule has 0 aliphatic rings. The van der Waals surface area contributed by atoms with Crippen LogP contribution in [0.4, 0.5) is 5.13 Å². The lowest BCUT2D eigenvalue weighted by Crippen LogP contribution is -2.07. The zero-order valence-electron chi connectivity index (χ0n) is 20.3. The van der Waals surface area contributed by atoms with Crippen molar-refractivity contribution in [1.82, 2.24) is 4.98 Å². The summed E-state index contributed by atoms with van der Waals surface area (Å²) in [4.78, 5) is 17.0. The summed E-state index contributed by atoms with van der Waals surface area (Å²) in [5, 5.41) is 5.27. The largest absolute Gasteiger partial charge is 0.494 e. The molecule has 0 radical (unpaired) electrons. The first-order valence-electron chi connectivity index (χ1n) is 11.7. The second kappa shape index (κ2) is 12.6. The molecule has 0 unspecified atom stereocenters. The van der Waals surface area contributed by atoms with E-state index in [4.69, 9.17) is 14.2 Å². The van der Waals surface area contributed by atoms with Crippen molar-refractivity contribution in [3.05, 3.63) is 95.4 Å². The van der Waals surface area contributed by atoms with Crippen LogP contribution in [0.15, 0.2) is 84.3 Å². The topological polar surface area (TPSA) is 69.7 Å². The molecule has 7 heteroatoms. The molecule has 0 saturated carbocycles. The quantitative estimate of drug-likeness (QED) is 0.228. The van der Waals surface area contributed by atoms with Crippen LogP contribution in [-0.2, 0) is 11.4 Å². The number of rotatable bonds is 11. The Balaban J connectivity index is 1.34. The van der Waals surface area contributed by atoms with Crippen molar-refractivity contribution in [2.24, 2.45) is 0 Å². The Kier molecular flexibility index (Phi) is 8.72. The number of carbonyl (C=O) groups excluding carboxylic acids is 1. The number of carbonyl (C=O) groups is 1. The van der Waals surface area contributed by atoms with E-state index >= 15 is 0 Å². The van der Waals surface area contributed by atoms with Gasteiger partial charge in [-0.05, 0) is 60.0 Å². The fourth-order valence-corrected chi connectivity index (χ4v) is 4.09. The molecule has 0 bridgehead atoms. The monoisotopic (exact) mass is 500 g/mol. The number of hydrogen-bond donors (Lipinski definition) is 1. The molecule has 0 aliphatic heterocycles. The van der Waals surface area contributed by atoms with Gasteiger partial charge in [0.1, 0.15) is 12.4 Å². The third-order valence-electron chi connectivity index (χ3n) is 5.21. The first kappa shape index (κ1) is 25.0. The van der Waals surface area contributed by atoms with Crippen molar-refractivity contribution in [1.29, 1.82) is 0 Å². The Labute approximate surface area is 215 Å². The molecule has 36 heavy (non-hydrogen) atoms. The molecule has 6 nitrogen and oxygen atoms in total. The molecule has 1 aromatic heterocycles. The van der Waals surface area contributed by atoms with Crippen LogP contribution in [0, 0.1) is 0 Å².